The van der Waals surface area contributed by atoms with Gasteiger partial charge in [0.1, 0.15) is 6.54 Å². The fraction of sp³-hybridized carbons (Fsp3) is 0.615. The molecule has 0 spiro atoms. The summed E-state index contributed by atoms with van der Waals surface area (Å²) in [6, 6.07) is 0. The Morgan fingerprint density at radius 2 is 2.35 bits per heavy atom. The molecule has 1 aromatic rings. The van der Waals surface area contributed by atoms with Crippen LogP contribution < -0.4 is 10.6 Å². The van der Waals surface area contributed by atoms with Crippen LogP contribution in [-0.4, -0.2) is 52.4 Å². The summed E-state index contributed by atoms with van der Waals surface area (Å²) in [5.41, 5.74) is 0. The number of nitrogens with one attached hydrogen (secondary N) is 2. The second kappa shape index (κ2) is 6.51. The number of nitrogens with zero attached hydrogens (tertiary/aromatic N) is 3. The number of carbonyl (C=O) groups is 2. The molecule has 2 amide bonds. The fourth-order valence-corrected chi connectivity index (χ4v) is 2.12. The minimum absolute atomic E-state index is 0.0445. The van der Waals surface area contributed by atoms with Crippen LogP contribution in [-0.2, 0) is 16.1 Å². The lowest BCUT2D eigenvalue weighted by molar-refractivity contribution is -0.135. The average Bonchev–Trinajstić information content (AvgIpc) is 2.78. The van der Waals surface area contributed by atoms with Gasteiger partial charge in [0.2, 0.25) is 17.8 Å². The highest BCUT2D eigenvalue weighted by Gasteiger charge is 2.20. The van der Waals surface area contributed by atoms with E-state index >= 15 is 0 Å². The predicted octanol–water partition coefficient (Wildman–Crippen LogP) is -0.0906. The topological polar surface area (TPSA) is 79.3 Å². The molecule has 1 aliphatic rings. The normalized spacial score (nSPS) is 15.8. The zero-order chi connectivity index (χ0) is 14.5. The summed E-state index contributed by atoms with van der Waals surface area (Å²) in [4.78, 5) is 29.3. The first-order valence-corrected chi connectivity index (χ1v) is 6.85. The largest absolute Gasteiger partial charge is 0.331 e. The number of hydrogen-bond donors (Lipinski definition) is 2. The molecule has 1 saturated heterocycles. The highest BCUT2D eigenvalue weighted by molar-refractivity contribution is 5.93. The molecule has 2 heterocycles. The molecule has 1 aromatic heterocycles. The van der Waals surface area contributed by atoms with Crippen molar-refractivity contribution in [2.24, 2.45) is 5.92 Å². The number of carbonyl (C=O) groups excluding carboxylic acids is 2. The minimum Gasteiger partial charge on any atom is -0.331 e. The van der Waals surface area contributed by atoms with E-state index in [0.717, 1.165) is 13.1 Å². The molecule has 110 valence electrons. The molecule has 7 heteroatoms. The Morgan fingerprint density at radius 3 is 3.05 bits per heavy atom. The van der Waals surface area contributed by atoms with Gasteiger partial charge in [0, 0.05) is 32.0 Å². The van der Waals surface area contributed by atoms with E-state index in [0.29, 0.717) is 25.0 Å². The number of rotatable bonds is 5. The maximum absolute atomic E-state index is 12.0. The second-order valence-corrected chi connectivity index (χ2v) is 5.34. The lowest BCUT2D eigenvalue weighted by atomic mass is 10.2. The Hall–Kier alpha value is -1.89. The van der Waals surface area contributed by atoms with Gasteiger partial charge in [-0.05, 0) is 5.92 Å². The van der Waals surface area contributed by atoms with Crippen molar-refractivity contribution in [2.75, 3.05) is 31.5 Å². The molecule has 0 radical (unpaired) electrons. The van der Waals surface area contributed by atoms with Gasteiger partial charge in [0.15, 0.2) is 0 Å². The van der Waals surface area contributed by atoms with Gasteiger partial charge in [0.25, 0.3) is 0 Å². The summed E-state index contributed by atoms with van der Waals surface area (Å²) in [7, 11) is 0. The molecule has 0 bridgehead atoms. The third-order valence-electron chi connectivity index (χ3n) is 3.05. The Morgan fingerprint density at radius 1 is 1.55 bits per heavy atom. The van der Waals surface area contributed by atoms with Crippen molar-refractivity contribution in [2.45, 2.75) is 20.4 Å². The molecule has 0 saturated carbocycles. The van der Waals surface area contributed by atoms with Crippen LogP contribution >= 0.6 is 0 Å². The molecule has 1 aliphatic heterocycles. The van der Waals surface area contributed by atoms with Crippen molar-refractivity contribution < 1.29 is 9.59 Å². The van der Waals surface area contributed by atoms with E-state index in [4.69, 9.17) is 0 Å². The second-order valence-electron chi connectivity index (χ2n) is 5.34. The third-order valence-corrected chi connectivity index (χ3v) is 3.05. The average molecular weight is 279 g/mol. The molecule has 0 aromatic carbocycles. The Balaban J connectivity index is 1.91. The molecule has 0 unspecified atom stereocenters. The van der Waals surface area contributed by atoms with Crippen molar-refractivity contribution in [1.29, 1.82) is 0 Å². The fourth-order valence-electron chi connectivity index (χ4n) is 2.12. The summed E-state index contributed by atoms with van der Waals surface area (Å²) >= 11 is 0. The standard InChI is InChI=1S/C13H21N5O2/c1-10(2)8-18-6-4-15-13(18)16-11(19)9-17-5-3-14-7-12(17)20/h4,6,10,14H,3,5,7-9H2,1-2H3,(H,15,16,19). The molecule has 7 nitrogen and oxygen atoms in total. The monoisotopic (exact) mass is 279 g/mol. The van der Waals surface area contributed by atoms with Gasteiger partial charge in [-0.3, -0.25) is 14.9 Å². The van der Waals surface area contributed by atoms with Gasteiger partial charge in [-0.1, -0.05) is 13.8 Å². The zero-order valence-electron chi connectivity index (χ0n) is 11.9. The van der Waals surface area contributed by atoms with Gasteiger partial charge >= 0.3 is 0 Å². The SMILES string of the molecule is CC(C)Cn1ccnc1NC(=O)CN1CCNCC1=O. The van der Waals surface area contributed by atoms with Crippen LogP contribution in [0.4, 0.5) is 5.95 Å². The van der Waals surface area contributed by atoms with E-state index in [9.17, 15) is 9.59 Å². The van der Waals surface area contributed by atoms with E-state index in [-0.39, 0.29) is 18.4 Å². The third kappa shape index (κ3) is 3.80. The van der Waals surface area contributed by atoms with Crippen LogP contribution in [0.2, 0.25) is 0 Å². The highest BCUT2D eigenvalue weighted by Crippen LogP contribution is 2.08. The van der Waals surface area contributed by atoms with Crippen molar-refractivity contribution in [3.63, 3.8) is 0 Å². The zero-order valence-corrected chi connectivity index (χ0v) is 11.9. The number of piperazine rings is 1. The number of anilines is 1. The van der Waals surface area contributed by atoms with Gasteiger partial charge < -0.3 is 14.8 Å². The van der Waals surface area contributed by atoms with E-state index in [2.05, 4.69) is 29.5 Å². The predicted molar refractivity (Wildman–Crippen MR) is 75.1 cm³/mol. The summed E-state index contributed by atoms with van der Waals surface area (Å²) in [6.07, 6.45) is 3.50. The number of hydrogen-bond acceptors (Lipinski definition) is 4. The molecular formula is C13H21N5O2. The quantitative estimate of drug-likeness (QED) is 0.789. The van der Waals surface area contributed by atoms with Crippen LogP contribution in [0, 0.1) is 5.92 Å². The summed E-state index contributed by atoms with van der Waals surface area (Å²) in [5.74, 6) is 0.745. The Bertz CT molecular complexity index is 483. The van der Waals surface area contributed by atoms with Gasteiger partial charge in [-0.2, -0.15) is 0 Å². The van der Waals surface area contributed by atoms with Crippen LogP contribution in [0.1, 0.15) is 13.8 Å². The Labute approximate surface area is 118 Å². The first kappa shape index (κ1) is 14.5. The van der Waals surface area contributed by atoms with E-state index in [1.165, 1.54) is 0 Å². The lowest BCUT2D eigenvalue weighted by Gasteiger charge is -2.26. The van der Waals surface area contributed by atoms with Crippen LogP contribution in [0.25, 0.3) is 0 Å². The first-order chi connectivity index (χ1) is 9.56. The molecule has 1 fully saturated rings. The number of amides is 2. The molecule has 0 atom stereocenters. The van der Waals surface area contributed by atoms with Crippen LogP contribution in [0.15, 0.2) is 12.4 Å². The van der Waals surface area contributed by atoms with E-state index in [1.54, 1.807) is 11.1 Å². The van der Waals surface area contributed by atoms with Gasteiger partial charge in [0.05, 0.1) is 6.54 Å². The molecule has 2 rings (SSSR count). The highest BCUT2D eigenvalue weighted by atomic mass is 16.2. The maximum Gasteiger partial charge on any atom is 0.246 e. The van der Waals surface area contributed by atoms with E-state index in [1.807, 2.05) is 10.8 Å². The number of imidazole rings is 1. The van der Waals surface area contributed by atoms with Crippen molar-refractivity contribution in [3.05, 3.63) is 12.4 Å². The maximum atomic E-state index is 12.0. The summed E-state index contributed by atoms with van der Waals surface area (Å²) in [5, 5.41) is 5.74. The van der Waals surface area contributed by atoms with Gasteiger partial charge in [-0.25, -0.2) is 4.98 Å². The van der Waals surface area contributed by atoms with Crippen molar-refractivity contribution in [1.82, 2.24) is 19.8 Å². The smallest absolute Gasteiger partial charge is 0.246 e. The molecule has 0 aliphatic carbocycles. The molecular weight excluding hydrogens is 258 g/mol. The summed E-state index contributed by atoms with van der Waals surface area (Å²) in [6.45, 7) is 6.66. The molecule has 20 heavy (non-hydrogen) atoms. The number of aromatic nitrogens is 2. The minimum atomic E-state index is -0.212. The Kier molecular flexibility index (Phi) is 4.73. The lowest BCUT2D eigenvalue weighted by Crippen LogP contribution is -2.50. The van der Waals surface area contributed by atoms with Crippen molar-refractivity contribution in [3.8, 4) is 0 Å². The van der Waals surface area contributed by atoms with Gasteiger partial charge in [-0.15, -0.1) is 0 Å². The van der Waals surface area contributed by atoms with Crippen molar-refractivity contribution >= 4 is 17.8 Å². The van der Waals surface area contributed by atoms with Crippen LogP contribution in [0.5, 0.6) is 0 Å². The summed E-state index contributed by atoms with van der Waals surface area (Å²) < 4.78 is 1.90. The molecule has 2 N–H and O–H groups in total. The van der Waals surface area contributed by atoms with Crippen LogP contribution in [0.3, 0.4) is 0 Å². The first-order valence-electron chi connectivity index (χ1n) is 6.85. The van der Waals surface area contributed by atoms with E-state index < -0.39 is 0 Å².